The number of aryl methyl sites for hydroxylation is 1. The summed E-state index contributed by atoms with van der Waals surface area (Å²) >= 11 is 1.31. The minimum Gasteiger partial charge on any atom is -0.314 e. The first kappa shape index (κ1) is 13.0. The number of sulfonamides is 1. The van der Waals surface area contributed by atoms with Gasteiger partial charge in [-0.05, 0) is 44.9 Å². The predicted molar refractivity (Wildman–Crippen MR) is 69.9 cm³/mol. The van der Waals surface area contributed by atoms with Gasteiger partial charge in [0.25, 0.3) is 0 Å². The number of rotatable bonds is 5. The van der Waals surface area contributed by atoms with E-state index in [1.54, 1.807) is 6.07 Å². The third-order valence-electron chi connectivity index (χ3n) is 2.93. The van der Waals surface area contributed by atoms with Crippen molar-refractivity contribution < 1.29 is 8.42 Å². The average Bonchev–Trinajstić information content (AvgIpc) is 2.89. The van der Waals surface area contributed by atoms with Gasteiger partial charge >= 0.3 is 0 Å². The number of thiophene rings is 1. The van der Waals surface area contributed by atoms with Crippen molar-refractivity contribution in [3.63, 3.8) is 0 Å². The second-order valence-corrected chi connectivity index (χ2v) is 7.63. The van der Waals surface area contributed by atoms with Gasteiger partial charge in [-0.3, -0.25) is 0 Å². The van der Waals surface area contributed by atoms with Crippen LogP contribution in [0.25, 0.3) is 0 Å². The van der Waals surface area contributed by atoms with Crippen molar-refractivity contribution in [2.45, 2.75) is 36.4 Å². The topological polar surface area (TPSA) is 58.2 Å². The van der Waals surface area contributed by atoms with Crippen molar-refractivity contribution in [3.05, 3.63) is 17.0 Å². The summed E-state index contributed by atoms with van der Waals surface area (Å²) in [5, 5.41) is 3.35. The van der Waals surface area contributed by atoms with Gasteiger partial charge in [0.2, 0.25) is 10.0 Å². The van der Waals surface area contributed by atoms with Crippen LogP contribution in [0.4, 0.5) is 0 Å². The molecule has 0 aliphatic carbocycles. The van der Waals surface area contributed by atoms with Crippen molar-refractivity contribution in [1.82, 2.24) is 10.0 Å². The molecule has 1 saturated heterocycles. The second-order valence-electron chi connectivity index (χ2n) is 4.34. The number of nitrogens with one attached hydrogen (secondary N) is 2. The van der Waals surface area contributed by atoms with Crippen molar-refractivity contribution in [1.29, 1.82) is 0 Å². The molecule has 1 aromatic heterocycles. The molecule has 0 saturated carbocycles. The van der Waals surface area contributed by atoms with Gasteiger partial charge in [0.15, 0.2) is 0 Å². The third-order valence-corrected chi connectivity index (χ3v) is 5.88. The third kappa shape index (κ3) is 3.51. The first-order chi connectivity index (χ1) is 8.08. The molecule has 2 N–H and O–H groups in total. The van der Waals surface area contributed by atoms with E-state index in [9.17, 15) is 8.42 Å². The highest BCUT2D eigenvalue weighted by molar-refractivity contribution is 7.91. The normalized spacial score (nSPS) is 20.9. The van der Waals surface area contributed by atoms with Crippen LogP contribution in [0.5, 0.6) is 0 Å². The van der Waals surface area contributed by atoms with E-state index in [4.69, 9.17) is 0 Å². The van der Waals surface area contributed by atoms with E-state index in [0.717, 1.165) is 24.3 Å². The molecule has 4 nitrogen and oxygen atoms in total. The molecule has 1 aliphatic heterocycles. The molecule has 0 aromatic carbocycles. The Morgan fingerprint density at radius 2 is 2.35 bits per heavy atom. The van der Waals surface area contributed by atoms with Gasteiger partial charge in [-0.15, -0.1) is 11.3 Å². The van der Waals surface area contributed by atoms with E-state index in [1.807, 2.05) is 13.0 Å². The number of hydrogen-bond donors (Lipinski definition) is 2. The molecular weight excluding hydrogens is 256 g/mol. The van der Waals surface area contributed by atoms with Gasteiger partial charge in [-0.2, -0.15) is 0 Å². The van der Waals surface area contributed by atoms with Crippen LogP contribution in [-0.2, 0) is 10.0 Å². The Balaban J connectivity index is 1.85. The molecule has 0 amide bonds. The van der Waals surface area contributed by atoms with Crippen LogP contribution >= 0.6 is 11.3 Å². The maximum atomic E-state index is 11.9. The maximum absolute atomic E-state index is 11.9. The van der Waals surface area contributed by atoms with Crippen molar-refractivity contribution in [3.8, 4) is 0 Å². The Morgan fingerprint density at radius 3 is 2.94 bits per heavy atom. The zero-order valence-corrected chi connectivity index (χ0v) is 11.5. The summed E-state index contributed by atoms with van der Waals surface area (Å²) in [4.78, 5) is 1.02. The fourth-order valence-electron chi connectivity index (χ4n) is 2.00. The fourth-order valence-corrected chi connectivity index (χ4v) is 4.37. The summed E-state index contributed by atoms with van der Waals surface area (Å²) in [5.41, 5.74) is 0. The quantitative estimate of drug-likeness (QED) is 0.855. The van der Waals surface area contributed by atoms with Crippen LogP contribution in [0.15, 0.2) is 16.3 Å². The molecule has 1 unspecified atom stereocenters. The molecule has 17 heavy (non-hydrogen) atoms. The van der Waals surface area contributed by atoms with Gasteiger partial charge < -0.3 is 5.32 Å². The first-order valence-corrected chi connectivity index (χ1v) is 8.17. The summed E-state index contributed by atoms with van der Waals surface area (Å²) in [6.07, 6.45) is 3.21. The molecule has 96 valence electrons. The first-order valence-electron chi connectivity index (χ1n) is 5.87. The van der Waals surface area contributed by atoms with Gasteiger partial charge in [0.05, 0.1) is 0 Å². The smallest absolute Gasteiger partial charge is 0.250 e. The van der Waals surface area contributed by atoms with E-state index in [2.05, 4.69) is 10.0 Å². The van der Waals surface area contributed by atoms with Crippen LogP contribution in [-0.4, -0.2) is 27.5 Å². The van der Waals surface area contributed by atoms with Gasteiger partial charge in [0, 0.05) is 17.5 Å². The highest BCUT2D eigenvalue weighted by Gasteiger charge is 2.18. The minimum absolute atomic E-state index is 0.411. The summed E-state index contributed by atoms with van der Waals surface area (Å²) in [6, 6.07) is 3.97. The maximum Gasteiger partial charge on any atom is 0.250 e. The summed E-state index contributed by atoms with van der Waals surface area (Å²) in [5.74, 6) is 0. The van der Waals surface area contributed by atoms with E-state index >= 15 is 0 Å². The fraction of sp³-hybridized carbons (Fsp3) is 0.636. The van der Waals surface area contributed by atoms with E-state index < -0.39 is 10.0 Å². The standard InChI is InChI=1S/C11H18N2O2S2/c1-9-4-5-11(16-9)17(14,15)13-8-6-10-3-2-7-12-10/h4-5,10,12-13H,2-3,6-8H2,1H3. The minimum atomic E-state index is -3.29. The van der Waals surface area contributed by atoms with E-state index in [1.165, 1.54) is 17.8 Å². The molecule has 0 spiro atoms. The molecule has 2 heterocycles. The lowest BCUT2D eigenvalue weighted by atomic mass is 10.2. The highest BCUT2D eigenvalue weighted by atomic mass is 32.2. The molecule has 1 aromatic rings. The molecule has 1 fully saturated rings. The van der Waals surface area contributed by atoms with Crippen LogP contribution in [0.2, 0.25) is 0 Å². The van der Waals surface area contributed by atoms with Crippen molar-refractivity contribution in [2.75, 3.05) is 13.1 Å². The summed E-state index contributed by atoms with van der Waals surface area (Å²) in [7, 11) is -3.29. The van der Waals surface area contributed by atoms with Gasteiger partial charge in [0.1, 0.15) is 4.21 Å². The summed E-state index contributed by atoms with van der Waals surface area (Å²) < 4.78 is 26.9. The van der Waals surface area contributed by atoms with E-state index in [-0.39, 0.29) is 0 Å². The molecule has 0 radical (unpaired) electrons. The number of hydrogen-bond acceptors (Lipinski definition) is 4. The molecule has 6 heteroatoms. The van der Waals surface area contributed by atoms with Crippen molar-refractivity contribution in [2.24, 2.45) is 0 Å². The lowest BCUT2D eigenvalue weighted by molar-refractivity contribution is 0.540. The molecule has 2 rings (SSSR count). The SMILES string of the molecule is Cc1ccc(S(=O)(=O)NCCC2CCCN2)s1. The van der Waals surface area contributed by atoms with Gasteiger partial charge in [-0.1, -0.05) is 0 Å². The van der Waals surface area contributed by atoms with Crippen LogP contribution in [0.1, 0.15) is 24.1 Å². The predicted octanol–water partition coefficient (Wildman–Crippen LogP) is 1.48. The molecule has 1 atom stereocenters. The zero-order chi connectivity index (χ0) is 12.3. The Hall–Kier alpha value is -0.430. The molecule has 1 aliphatic rings. The Labute approximate surface area is 106 Å². The van der Waals surface area contributed by atoms with Gasteiger partial charge in [-0.25, -0.2) is 13.1 Å². The summed E-state index contributed by atoms with van der Waals surface area (Å²) in [6.45, 7) is 3.48. The lowest BCUT2D eigenvalue weighted by Crippen LogP contribution is -2.30. The Morgan fingerprint density at radius 1 is 1.53 bits per heavy atom. The van der Waals surface area contributed by atoms with Crippen LogP contribution in [0, 0.1) is 6.92 Å². The zero-order valence-electron chi connectivity index (χ0n) is 9.90. The van der Waals surface area contributed by atoms with E-state index in [0.29, 0.717) is 16.8 Å². The van der Waals surface area contributed by atoms with Crippen molar-refractivity contribution >= 4 is 21.4 Å². The average molecular weight is 274 g/mol. The highest BCUT2D eigenvalue weighted by Crippen LogP contribution is 2.20. The monoisotopic (exact) mass is 274 g/mol. The Bertz CT molecular complexity index is 462. The second kappa shape index (κ2) is 5.48. The van der Waals surface area contributed by atoms with Crippen LogP contribution < -0.4 is 10.0 Å². The van der Waals surface area contributed by atoms with Crippen LogP contribution in [0.3, 0.4) is 0 Å². The largest absolute Gasteiger partial charge is 0.314 e. The molecule has 0 bridgehead atoms. The lowest BCUT2D eigenvalue weighted by Gasteiger charge is -2.10. The molecular formula is C11H18N2O2S2. The Kier molecular flexibility index (Phi) is 4.19.